The minimum atomic E-state index is -0.205. The van der Waals surface area contributed by atoms with Crippen LogP contribution in [-0.2, 0) is 4.79 Å². The number of hydrogen-bond donors (Lipinski definition) is 3. The maximum atomic E-state index is 12.7. The molecule has 2 amide bonds. The Hall–Kier alpha value is -3.80. The number of carbonyl (C=O) groups is 2. The highest BCUT2D eigenvalue weighted by Gasteiger charge is 2.12. The van der Waals surface area contributed by atoms with E-state index in [1.807, 2.05) is 67.6 Å². The van der Waals surface area contributed by atoms with Gasteiger partial charge in [0.2, 0.25) is 5.91 Å². The molecule has 1 unspecified atom stereocenters. The van der Waals surface area contributed by atoms with Crippen molar-refractivity contribution < 1.29 is 14.3 Å². The lowest BCUT2D eigenvalue weighted by molar-refractivity contribution is -0.114. The molecule has 0 aliphatic rings. The van der Waals surface area contributed by atoms with Crippen molar-refractivity contribution in [2.24, 2.45) is 5.92 Å². The Kier molecular flexibility index (Phi) is 8.47. The summed E-state index contributed by atoms with van der Waals surface area (Å²) in [5, 5.41) is 8.97. The first-order chi connectivity index (χ1) is 15.9. The largest absolute Gasteiger partial charge is 0.491 e. The molecule has 6 nitrogen and oxygen atoms in total. The molecule has 0 aromatic heterocycles. The first-order valence-electron chi connectivity index (χ1n) is 11.1. The molecule has 0 bridgehead atoms. The zero-order valence-corrected chi connectivity index (χ0v) is 19.3. The van der Waals surface area contributed by atoms with Crippen molar-refractivity contribution >= 4 is 23.2 Å². The van der Waals surface area contributed by atoms with Crippen molar-refractivity contribution in [2.75, 3.05) is 23.8 Å². The topological polar surface area (TPSA) is 79.5 Å². The van der Waals surface area contributed by atoms with E-state index in [0.717, 1.165) is 5.56 Å². The molecule has 0 saturated heterocycles. The second-order valence-corrected chi connectivity index (χ2v) is 8.29. The van der Waals surface area contributed by atoms with E-state index in [4.69, 9.17) is 4.74 Å². The van der Waals surface area contributed by atoms with Crippen LogP contribution in [0.1, 0.15) is 42.7 Å². The molecule has 0 saturated carbocycles. The van der Waals surface area contributed by atoms with E-state index >= 15 is 0 Å². The van der Waals surface area contributed by atoms with Gasteiger partial charge in [-0.05, 0) is 48.7 Å². The van der Waals surface area contributed by atoms with Crippen LogP contribution in [0.5, 0.6) is 5.75 Å². The summed E-state index contributed by atoms with van der Waals surface area (Å²) in [6.07, 6.45) is 0. The van der Waals surface area contributed by atoms with Crippen molar-refractivity contribution in [3.8, 4) is 5.75 Å². The third kappa shape index (κ3) is 7.38. The molecule has 0 radical (unpaired) electrons. The van der Waals surface area contributed by atoms with Gasteiger partial charge in [0.25, 0.3) is 5.91 Å². The Balaban J connectivity index is 1.55. The average molecular weight is 446 g/mol. The van der Waals surface area contributed by atoms with Crippen molar-refractivity contribution in [1.82, 2.24) is 5.32 Å². The lowest BCUT2D eigenvalue weighted by Gasteiger charge is -2.15. The molecule has 3 rings (SSSR count). The summed E-state index contributed by atoms with van der Waals surface area (Å²) in [5.74, 6) is 0.653. The second-order valence-electron chi connectivity index (χ2n) is 8.29. The summed E-state index contributed by atoms with van der Waals surface area (Å²) in [4.78, 5) is 25.2. The molecule has 0 aliphatic heterocycles. The number of para-hydroxylation sites is 2. The smallest absolute Gasteiger partial charge is 0.251 e. The number of benzene rings is 3. The van der Waals surface area contributed by atoms with E-state index in [9.17, 15) is 9.59 Å². The van der Waals surface area contributed by atoms with E-state index in [2.05, 4.69) is 29.8 Å². The highest BCUT2D eigenvalue weighted by atomic mass is 16.5. The third-order valence-corrected chi connectivity index (χ3v) is 4.96. The summed E-state index contributed by atoms with van der Waals surface area (Å²) >= 11 is 0. The van der Waals surface area contributed by atoms with Gasteiger partial charge in [-0.1, -0.05) is 62.4 Å². The number of hydrogen-bond acceptors (Lipinski definition) is 4. The Labute approximate surface area is 195 Å². The summed E-state index contributed by atoms with van der Waals surface area (Å²) in [7, 11) is 0. The van der Waals surface area contributed by atoms with Gasteiger partial charge in [0, 0.05) is 11.3 Å². The van der Waals surface area contributed by atoms with E-state index in [-0.39, 0.29) is 24.4 Å². The molecular formula is C27H31N3O3. The van der Waals surface area contributed by atoms with E-state index < -0.39 is 0 Å². The lowest BCUT2D eigenvalue weighted by Crippen LogP contribution is -2.27. The maximum Gasteiger partial charge on any atom is 0.251 e. The number of ether oxygens (including phenoxy) is 1. The Morgan fingerprint density at radius 1 is 0.879 bits per heavy atom. The van der Waals surface area contributed by atoms with Crippen LogP contribution in [0, 0.1) is 5.92 Å². The highest BCUT2D eigenvalue weighted by molar-refractivity contribution is 5.97. The summed E-state index contributed by atoms with van der Waals surface area (Å²) in [6.45, 7) is 6.72. The van der Waals surface area contributed by atoms with Crippen LogP contribution in [0.15, 0.2) is 78.9 Å². The second kappa shape index (κ2) is 11.7. The summed E-state index contributed by atoms with van der Waals surface area (Å²) in [6, 6.07) is 24.2. The van der Waals surface area contributed by atoms with E-state index in [0.29, 0.717) is 35.2 Å². The van der Waals surface area contributed by atoms with Crippen LogP contribution in [0.3, 0.4) is 0 Å². The van der Waals surface area contributed by atoms with Gasteiger partial charge in [-0.25, -0.2) is 0 Å². The van der Waals surface area contributed by atoms with Crippen molar-refractivity contribution in [1.29, 1.82) is 0 Å². The van der Waals surface area contributed by atoms with Gasteiger partial charge in [-0.2, -0.15) is 0 Å². The van der Waals surface area contributed by atoms with Gasteiger partial charge in [-0.15, -0.1) is 0 Å². The molecule has 6 heteroatoms. The Bertz CT molecular complexity index is 1070. The molecule has 172 valence electrons. The van der Waals surface area contributed by atoms with Crippen LogP contribution < -0.4 is 20.7 Å². The van der Waals surface area contributed by atoms with Gasteiger partial charge in [0.15, 0.2) is 0 Å². The van der Waals surface area contributed by atoms with Gasteiger partial charge in [0.05, 0.1) is 24.9 Å². The Morgan fingerprint density at radius 2 is 1.61 bits per heavy atom. The monoisotopic (exact) mass is 445 g/mol. The van der Waals surface area contributed by atoms with Gasteiger partial charge in [0.1, 0.15) is 5.75 Å². The number of nitrogens with one attached hydrogen (secondary N) is 3. The normalized spacial score (nSPS) is 11.5. The predicted molar refractivity (Wildman–Crippen MR) is 133 cm³/mol. The van der Waals surface area contributed by atoms with Crippen molar-refractivity contribution in [3.05, 3.63) is 90.0 Å². The van der Waals surface area contributed by atoms with Crippen molar-refractivity contribution in [3.63, 3.8) is 0 Å². The number of rotatable bonds is 10. The van der Waals surface area contributed by atoms with E-state index in [1.165, 1.54) is 0 Å². The lowest BCUT2D eigenvalue weighted by atomic mass is 10.1. The highest BCUT2D eigenvalue weighted by Crippen LogP contribution is 2.24. The van der Waals surface area contributed by atoms with Gasteiger partial charge < -0.3 is 20.7 Å². The molecule has 3 N–H and O–H groups in total. The fraction of sp³-hybridized carbons (Fsp3) is 0.259. The zero-order valence-electron chi connectivity index (χ0n) is 19.3. The molecule has 0 fully saturated rings. The Morgan fingerprint density at radius 3 is 2.36 bits per heavy atom. The number of anilines is 2. The molecule has 1 atom stereocenters. The molecular weight excluding hydrogens is 414 g/mol. The zero-order chi connectivity index (χ0) is 23.6. The third-order valence-electron chi connectivity index (χ3n) is 4.96. The average Bonchev–Trinajstić information content (AvgIpc) is 2.83. The maximum absolute atomic E-state index is 12.7. The fourth-order valence-corrected chi connectivity index (χ4v) is 3.20. The molecule has 0 spiro atoms. The fourth-order valence-electron chi connectivity index (χ4n) is 3.20. The predicted octanol–water partition coefficient (Wildman–Crippen LogP) is 5.26. The van der Waals surface area contributed by atoms with Gasteiger partial charge >= 0.3 is 0 Å². The number of carbonyl (C=O) groups excluding carboxylic acids is 2. The van der Waals surface area contributed by atoms with Gasteiger partial charge in [-0.3, -0.25) is 9.59 Å². The SMILES string of the molecule is CC(C)COc1ccccc1NC(=O)CNc1cccc(C(=O)NC(C)c2ccccc2)c1. The minimum Gasteiger partial charge on any atom is -0.491 e. The summed E-state index contributed by atoms with van der Waals surface area (Å²) in [5.41, 5.74) is 2.88. The standard InChI is InChI=1S/C27H31N3O3/c1-19(2)18-33-25-15-8-7-14-24(25)30-26(31)17-28-23-13-9-12-22(16-23)27(32)29-20(3)21-10-5-4-6-11-21/h4-16,19-20,28H,17-18H2,1-3H3,(H,29,32)(H,30,31). The van der Waals surface area contributed by atoms with E-state index in [1.54, 1.807) is 18.2 Å². The first-order valence-corrected chi connectivity index (χ1v) is 11.1. The summed E-state index contributed by atoms with van der Waals surface area (Å²) < 4.78 is 5.79. The molecule has 33 heavy (non-hydrogen) atoms. The molecule has 0 heterocycles. The number of amides is 2. The molecule has 3 aromatic rings. The van der Waals surface area contributed by atoms with Crippen LogP contribution in [0.25, 0.3) is 0 Å². The van der Waals surface area contributed by atoms with Crippen LogP contribution >= 0.6 is 0 Å². The molecule has 3 aromatic carbocycles. The van der Waals surface area contributed by atoms with Crippen LogP contribution in [-0.4, -0.2) is 25.0 Å². The van der Waals surface area contributed by atoms with Crippen molar-refractivity contribution in [2.45, 2.75) is 26.8 Å². The quantitative estimate of drug-likeness (QED) is 0.398. The molecule has 0 aliphatic carbocycles. The first kappa shape index (κ1) is 23.9. The minimum absolute atomic E-state index is 0.0595. The van der Waals surface area contributed by atoms with Crippen LogP contribution in [0.2, 0.25) is 0 Å². The van der Waals surface area contributed by atoms with Crippen LogP contribution in [0.4, 0.5) is 11.4 Å².